The Bertz CT molecular complexity index is 292. The third-order valence-electron chi connectivity index (χ3n) is 1.36. The fourth-order valence-corrected chi connectivity index (χ4v) is 0.777. The van der Waals surface area contributed by atoms with Crippen molar-refractivity contribution in [3.63, 3.8) is 0 Å². The number of anilines is 1. The normalized spacial score (nSPS) is 9.00. The zero-order valence-electron chi connectivity index (χ0n) is 6.15. The molecule has 0 spiro atoms. The van der Waals surface area contributed by atoms with E-state index in [1.54, 1.807) is 0 Å². The Hall–Kier alpha value is -1.84. The van der Waals surface area contributed by atoms with Crippen LogP contribution in [-0.4, -0.2) is 17.5 Å². The molecule has 2 N–H and O–H groups in total. The highest BCUT2D eigenvalue weighted by Crippen LogP contribution is 2.07. The topological polar surface area (TPSA) is 66.4 Å². The van der Waals surface area contributed by atoms with Crippen LogP contribution >= 0.6 is 0 Å². The molecule has 0 heterocycles. The Balaban J connectivity index is 2.85. The van der Waals surface area contributed by atoms with Crippen LogP contribution in [0, 0.1) is 0 Å². The van der Waals surface area contributed by atoms with E-state index in [4.69, 9.17) is 5.11 Å². The van der Waals surface area contributed by atoms with E-state index in [1.807, 2.05) is 0 Å². The van der Waals surface area contributed by atoms with E-state index in [1.165, 1.54) is 24.3 Å². The number of hydrogen-bond acceptors (Lipinski definition) is 2. The fraction of sp³-hybridized carbons (Fsp3) is 0. The van der Waals surface area contributed by atoms with Gasteiger partial charge >= 0.3 is 5.97 Å². The number of carbonyl (C=O) groups is 2. The highest BCUT2D eigenvalue weighted by molar-refractivity contribution is 5.88. The fourth-order valence-electron chi connectivity index (χ4n) is 0.777. The van der Waals surface area contributed by atoms with E-state index in [0.29, 0.717) is 12.1 Å². The summed E-state index contributed by atoms with van der Waals surface area (Å²) in [6, 6.07) is 5.90. The lowest BCUT2D eigenvalue weighted by atomic mass is 10.2. The molecule has 0 aromatic heterocycles. The van der Waals surface area contributed by atoms with Gasteiger partial charge in [0.25, 0.3) is 0 Å². The maximum Gasteiger partial charge on any atom is 0.335 e. The molecule has 0 aliphatic carbocycles. The number of hydrogen-bond donors (Lipinski definition) is 2. The Morgan fingerprint density at radius 3 is 2.33 bits per heavy atom. The molecule has 1 amide bonds. The Kier molecular flexibility index (Phi) is 2.42. The van der Waals surface area contributed by atoms with Gasteiger partial charge in [-0.25, -0.2) is 4.79 Å². The molecular weight excluding hydrogens is 158 g/mol. The van der Waals surface area contributed by atoms with Crippen molar-refractivity contribution in [2.75, 3.05) is 5.32 Å². The molecule has 4 heteroatoms. The SMILES string of the molecule is O=CNc1ccc(C(=O)O)cc1. The number of amides is 1. The molecule has 0 radical (unpaired) electrons. The quantitative estimate of drug-likeness (QED) is 0.655. The van der Waals surface area contributed by atoms with Crippen LogP contribution in [0.2, 0.25) is 0 Å². The number of benzene rings is 1. The Morgan fingerprint density at radius 1 is 1.33 bits per heavy atom. The zero-order chi connectivity index (χ0) is 8.97. The maximum absolute atomic E-state index is 10.4. The molecule has 0 unspecified atom stereocenters. The molecule has 1 aromatic carbocycles. The Morgan fingerprint density at radius 2 is 1.92 bits per heavy atom. The van der Waals surface area contributed by atoms with Gasteiger partial charge in [0.05, 0.1) is 5.56 Å². The van der Waals surface area contributed by atoms with Gasteiger partial charge in [-0.3, -0.25) is 4.79 Å². The number of aromatic carboxylic acids is 1. The summed E-state index contributed by atoms with van der Waals surface area (Å²) in [7, 11) is 0. The molecule has 62 valence electrons. The molecule has 1 rings (SSSR count). The van der Waals surface area contributed by atoms with Crippen LogP contribution in [0.5, 0.6) is 0 Å². The lowest BCUT2D eigenvalue weighted by Gasteiger charge is -1.97. The number of rotatable bonds is 3. The molecule has 0 saturated heterocycles. The molecule has 0 saturated carbocycles. The number of carboxylic acid groups (broad SMARTS) is 1. The van der Waals surface area contributed by atoms with E-state index < -0.39 is 5.97 Å². The second-order valence-corrected chi connectivity index (χ2v) is 2.14. The Labute approximate surface area is 68.8 Å². The van der Waals surface area contributed by atoms with Gasteiger partial charge in [-0.15, -0.1) is 0 Å². The summed E-state index contributed by atoms with van der Waals surface area (Å²) >= 11 is 0. The first kappa shape index (κ1) is 8.26. The molecule has 4 nitrogen and oxygen atoms in total. The van der Waals surface area contributed by atoms with E-state index in [-0.39, 0.29) is 5.56 Å². The van der Waals surface area contributed by atoms with Crippen LogP contribution in [0.4, 0.5) is 5.69 Å². The summed E-state index contributed by atoms with van der Waals surface area (Å²) in [5.74, 6) is -0.979. The van der Waals surface area contributed by atoms with Gasteiger partial charge in [0.2, 0.25) is 6.41 Å². The minimum absolute atomic E-state index is 0.200. The van der Waals surface area contributed by atoms with Gasteiger partial charge < -0.3 is 10.4 Å². The molecule has 12 heavy (non-hydrogen) atoms. The number of nitrogens with one attached hydrogen (secondary N) is 1. The van der Waals surface area contributed by atoms with Crippen molar-refractivity contribution in [1.82, 2.24) is 0 Å². The summed E-state index contributed by atoms with van der Waals surface area (Å²) < 4.78 is 0. The second kappa shape index (κ2) is 3.52. The molecular formula is C8H7NO3. The minimum Gasteiger partial charge on any atom is -0.478 e. The van der Waals surface area contributed by atoms with E-state index >= 15 is 0 Å². The summed E-state index contributed by atoms with van der Waals surface area (Å²) in [4.78, 5) is 20.3. The van der Waals surface area contributed by atoms with E-state index in [2.05, 4.69) is 5.32 Å². The first-order chi connectivity index (χ1) is 5.74. The highest BCUT2D eigenvalue weighted by atomic mass is 16.4. The van der Waals surface area contributed by atoms with Crippen LogP contribution in [0.1, 0.15) is 10.4 Å². The standard InChI is InChI=1S/C8H7NO3/c10-5-9-7-3-1-6(2-4-7)8(11)12/h1-5H,(H,9,10)(H,11,12). The second-order valence-electron chi connectivity index (χ2n) is 2.14. The third-order valence-corrected chi connectivity index (χ3v) is 1.36. The van der Waals surface area contributed by atoms with Crippen LogP contribution in [0.15, 0.2) is 24.3 Å². The van der Waals surface area contributed by atoms with E-state index in [0.717, 1.165) is 0 Å². The van der Waals surface area contributed by atoms with Crippen molar-refractivity contribution in [2.45, 2.75) is 0 Å². The monoisotopic (exact) mass is 165 g/mol. The summed E-state index contributed by atoms with van der Waals surface area (Å²) in [5.41, 5.74) is 0.779. The van der Waals surface area contributed by atoms with Gasteiger partial charge in [-0.1, -0.05) is 0 Å². The summed E-state index contributed by atoms with van der Waals surface area (Å²) in [6.45, 7) is 0. The summed E-state index contributed by atoms with van der Waals surface area (Å²) in [5, 5.41) is 10.9. The first-order valence-electron chi connectivity index (χ1n) is 3.27. The van der Waals surface area contributed by atoms with Crippen molar-refractivity contribution >= 4 is 18.1 Å². The van der Waals surface area contributed by atoms with Gasteiger partial charge in [-0.05, 0) is 24.3 Å². The van der Waals surface area contributed by atoms with Crippen LogP contribution < -0.4 is 5.32 Å². The van der Waals surface area contributed by atoms with Crippen molar-refractivity contribution < 1.29 is 14.7 Å². The van der Waals surface area contributed by atoms with Gasteiger partial charge in [0.15, 0.2) is 0 Å². The smallest absolute Gasteiger partial charge is 0.335 e. The number of carbonyl (C=O) groups excluding carboxylic acids is 1. The molecule has 0 aliphatic heterocycles. The van der Waals surface area contributed by atoms with Gasteiger partial charge in [0, 0.05) is 5.69 Å². The predicted molar refractivity (Wildman–Crippen MR) is 43.1 cm³/mol. The highest BCUT2D eigenvalue weighted by Gasteiger charge is 2.00. The predicted octanol–water partition coefficient (Wildman–Crippen LogP) is 0.953. The van der Waals surface area contributed by atoms with Crippen molar-refractivity contribution in [1.29, 1.82) is 0 Å². The van der Waals surface area contributed by atoms with Crippen LogP contribution in [-0.2, 0) is 4.79 Å². The van der Waals surface area contributed by atoms with Crippen LogP contribution in [0.25, 0.3) is 0 Å². The zero-order valence-corrected chi connectivity index (χ0v) is 6.15. The number of carboxylic acids is 1. The van der Waals surface area contributed by atoms with E-state index in [9.17, 15) is 9.59 Å². The lowest BCUT2D eigenvalue weighted by Crippen LogP contribution is -1.97. The first-order valence-corrected chi connectivity index (χ1v) is 3.27. The van der Waals surface area contributed by atoms with Crippen molar-refractivity contribution in [3.8, 4) is 0 Å². The average molecular weight is 165 g/mol. The van der Waals surface area contributed by atoms with Crippen molar-refractivity contribution in [2.24, 2.45) is 0 Å². The molecule has 0 aliphatic rings. The van der Waals surface area contributed by atoms with Crippen LogP contribution in [0.3, 0.4) is 0 Å². The maximum atomic E-state index is 10.4. The summed E-state index contributed by atoms with van der Waals surface area (Å²) in [6.07, 6.45) is 0.537. The lowest BCUT2D eigenvalue weighted by molar-refractivity contribution is -0.105. The largest absolute Gasteiger partial charge is 0.478 e. The molecule has 0 atom stereocenters. The molecule has 0 bridgehead atoms. The van der Waals surface area contributed by atoms with Gasteiger partial charge in [0.1, 0.15) is 0 Å². The minimum atomic E-state index is -0.979. The third kappa shape index (κ3) is 1.82. The molecule has 0 fully saturated rings. The molecule has 1 aromatic rings. The average Bonchev–Trinajstić information content (AvgIpc) is 2.06. The van der Waals surface area contributed by atoms with Gasteiger partial charge in [-0.2, -0.15) is 0 Å². The van der Waals surface area contributed by atoms with Crippen molar-refractivity contribution in [3.05, 3.63) is 29.8 Å².